The average molecular weight is 1130 g/mol. The van der Waals surface area contributed by atoms with Gasteiger partial charge in [-0.3, -0.25) is 9.59 Å². The van der Waals surface area contributed by atoms with Gasteiger partial charge in [-0.15, -0.1) is 0 Å². The molecule has 14 rings (SSSR count). The Balaban J connectivity index is 0.691. The summed E-state index contributed by atoms with van der Waals surface area (Å²) in [5.74, 6) is -0.245. The number of nitrogens with one attached hydrogen (secondary N) is 2. The van der Waals surface area contributed by atoms with Crippen molar-refractivity contribution in [3.63, 3.8) is 0 Å². The van der Waals surface area contributed by atoms with Gasteiger partial charge in [-0.1, -0.05) is 162 Å². The highest BCUT2D eigenvalue weighted by Gasteiger charge is 2.50. The molecule has 2 amide bonds. The van der Waals surface area contributed by atoms with E-state index in [1.165, 1.54) is 45.3 Å². The maximum absolute atomic E-state index is 14.8. The lowest BCUT2D eigenvalue weighted by Gasteiger charge is -2.46. The van der Waals surface area contributed by atoms with Crippen molar-refractivity contribution in [3.8, 4) is 22.3 Å². The molecule has 16 heteroatoms. The standard InChI is InChI=1S/C63H56N4O8S4/c1-32-26-46-48(28-34(32)3)66(60(68)72-30-44-40-20-12-8-16-36(40)37-17-9-13-21-41(37)44)58-52(64-46)56-54(76-62(70)78-56)50(74-58)24-6-5-7-25-51-55-57(79-63(71)77-55)53-59(75-51)67(49-29-35(4)33(2)27-47(49)65-53)61(69)73-31-45-42-22-14-10-18-38(42)39-19-11-15-23-43(39)45/h8-23,26-29,44-45,50-53,58-59,64-65H,5-7,24-25,30-31H2,1-4H3/t50-,51-,52+,53+,58-,59-/m1/s1. The highest BCUT2D eigenvalue weighted by Crippen LogP contribution is 2.54. The lowest BCUT2D eigenvalue weighted by molar-refractivity contribution is -0.0439. The molecule has 6 heterocycles. The molecule has 0 saturated carbocycles. The van der Waals surface area contributed by atoms with Crippen LogP contribution in [0.1, 0.15) is 132 Å². The normalized spacial score (nSPS) is 20.9. The predicted molar refractivity (Wildman–Crippen MR) is 315 cm³/mol. The van der Waals surface area contributed by atoms with Gasteiger partial charge in [0, 0.05) is 11.8 Å². The molecule has 2 N–H and O–H groups in total. The van der Waals surface area contributed by atoms with Gasteiger partial charge >= 0.3 is 12.2 Å². The van der Waals surface area contributed by atoms with E-state index >= 15 is 0 Å². The SMILES string of the molecule is Cc1cc2c(cc1C)N(C(=O)OCC1c3ccccc3-c3ccccc31)[C@@H]1O[C@H](CCCCC[C@H]3O[C@@H]4[C@@H](Nc5cc(C)c(C)cc5N4C(=O)OCC4c5ccccc5-c5ccccc54)c4sc(=O)sc43)c3sc(=O)sc3[C@@H]1N2. The Bertz CT molecular complexity index is 3560. The lowest BCUT2D eigenvalue weighted by atomic mass is 9.96. The summed E-state index contributed by atoms with van der Waals surface area (Å²) >= 11 is 4.90. The van der Waals surface area contributed by atoms with E-state index in [4.69, 9.17) is 18.9 Å². The maximum atomic E-state index is 14.8. The van der Waals surface area contributed by atoms with Crippen LogP contribution in [0.25, 0.3) is 22.3 Å². The number of hydrogen-bond donors (Lipinski definition) is 2. The number of amides is 2. The molecule has 0 unspecified atom stereocenters. The van der Waals surface area contributed by atoms with E-state index in [1.54, 1.807) is 9.80 Å². The number of benzene rings is 6. The van der Waals surface area contributed by atoms with Gasteiger partial charge in [-0.2, -0.15) is 0 Å². The Kier molecular flexibility index (Phi) is 12.7. The highest BCUT2D eigenvalue weighted by atomic mass is 32.2. The van der Waals surface area contributed by atoms with Crippen molar-refractivity contribution in [1.82, 2.24) is 0 Å². The van der Waals surface area contributed by atoms with Crippen LogP contribution in [-0.4, -0.2) is 37.9 Å². The molecule has 0 fully saturated rings. The third kappa shape index (κ3) is 8.56. The minimum atomic E-state index is -0.780. The van der Waals surface area contributed by atoms with Gasteiger partial charge in [-0.05, 0) is 132 Å². The van der Waals surface area contributed by atoms with E-state index in [1.807, 2.05) is 74.5 Å². The van der Waals surface area contributed by atoms with Gasteiger partial charge in [0.05, 0.1) is 54.5 Å². The Hall–Kier alpha value is -6.92. The van der Waals surface area contributed by atoms with Crippen LogP contribution >= 0.6 is 45.3 Å². The zero-order valence-corrected chi connectivity index (χ0v) is 47.2. The number of hydrogen-bond acceptors (Lipinski definition) is 14. The van der Waals surface area contributed by atoms with Crippen molar-refractivity contribution in [2.24, 2.45) is 0 Å². The number of fused-ring (bicyclic) bond motifs is 14. The largest absolute Gasteiger partial charge is 0.448 e. The third-order valence-electron chi connectivity index (χ3n) is 17.0. The van der Waals surface area contributed by atoms with Gasteiger partial charge in [0.25, 0.3) is 8.11 Å². The van der Waals surface area contributed by atoms with Crippen LogP contribution in [0, 0.1) is 27.7 Å². The molecule has 79 heavy (non-hydrogen) atoms. The van der Waals surface area contributed by atoms with Crippen LogP contribution in [0.4, 0.5) is 32.3 Å². The number of nitrogens with zero attached hydrogens (tertiary/aromatic N) is 2. The lowest BCUT2D eigenvalue weighted by Crippen LogP contribution is -2.53. The Morgan fingerprint density at radius 1 is 0.481 bits per heavy atom. The fourth-order valence-corrected chi connectivity index (χ4v) is 17.6. The number of aryl methyl sites for hydroxylation is 4. The summed E-state index contributed by atoms with van der Waals surface area (Å²) < 4.78 is 26.9. The molecule has 400 valence electrons. The molecule has 0 radical (unpaired) electrons. The molecule has 6 aromatic carbocycles. The summed E-state index contributed by atoms with van der Waals surface area (Å²) in [5, 5.41) is 7.38. The number of anilines is 4. The first-order chi connectivity index (χ1) is 38.5. The summed E-state index contributed by atoms with van der Waals surface area (Å²) in [4.78, 5) is 63.3. The van der Waals surface area contributed by atoms with Crippen molar-refractivity contribution in [2.75, 3.05) is 33.6 Å². The molecular formula is C63H56N4O8S4. The summed E-state index contributed by atoms with van der Waals surface area (Å²) in [5.41, 5.74) is 16.3. The predicted octanol–water partition coefficient (Wildman–Crippen LogP) is 15.2. The smallest absolute Gasteiger partial charge is 0.416 e. The van der Waals surface area contributed by atoms with Gasteiger partial charge < -0.3 is 29.6 Å². The Morgan fingerprint density at radius 2 is 0.823 bits per heavy atom. The van der Waals surface area contributed by atoms with Crippen molar-refractivity contribution in [2.45, 2.75) is 108 Å². The molecular weight excluding hydrogens is 1070 g/mol. The second-order valence-corrected chi connectivity index (χ2v) is 26.1. The number of unbranched alkanes of at least 4 members (excludes halogenated alkanes) is 2. The van der Waals surface area contributed by atoms with Crippen LogP contribution in [0.3, 0.4) is 0 Å². The molecule has 2 aromatic heterocycles. The van der Waals surface area contributed by atoms with Gasteiger partial charge in [-0.25, -0.2) is 19.4 Å². The van der Waals surface area contributed by atoms with E-state index in [0.29, 0.717) is 24.2 Å². The molecule has 6 atom stereocenters. The van der Waals surface area contributed by atoms with Crippen LogP contribution in [-0.2, 0) is 18.9 Å². The Morgan fingerprint density at radius 3 is 1.20 bits per heavy atom. The molecule has 6 aliphatic rings. The zero-order chi connectivity index (χ0) is 53.8. The summed E-state index contributed by atoms with van der Waals surface area (Å²) in [7, 11) is 0. The molecule has 8 aromatic rings. The fraction of sp³-hybridized carbons (Fsp3) is 0.302. The fourth-order valence-electron chi connectivity index (χ4n) is 12.9. The second kappa shape index (κ2) is 20.0. The van der Waals surface area contributed by atoms with Gasteiger partial charge in [0.15, 0.2) is 12.5 Å². The molecule has 2 aliphatic carbocycles. The van der Waals surface area contributed by atoms with Gasteiger partial charge in [0.1, 0.15) is 25.3 Å². The first-order valence-electron chi connectivity index (χ1n) is 27.1. The first kappa shape index (κ1) is 50.3. The van der Waals surface area contributed by atoms with E-state index in [2.05, 4.69) is 85.1 Å². The third-order valence-corrected chi connectivity index (χ3v) is 21.7. The van der Waals surface area contributed by atoms with Crippen molar-refractivity contribution in [3.05, 3.63) is 203 Å². The molecule has 0 spiro atoms. The minimum Gasteiger partial charge on any atom is -0.448 e. The maximum Gasteiger partial charge on any atom is 0.416 e. The summed E-state index contributed by atoms with van der Waals surface area (Å²) in [6.45, 7) is 8.48. The van der Waals surface area contributed by atoms with E-state index < -0.39 is 48.9 Å². The topological polar surface area (TPSA) is 136 Å². The number of ether oxygens (including phenoxy) is 4. The van der Waals surface area contributed by atoms with E-state index in [9.17, 15) is 19.2 Å². The average Bonchev–Trinajstić information content (AvgIpc) is 4.33. The highest BCUT2D eigenvalue weighted by molar-refractivity contribution is 7.28. The second-order valence-electron chi connectivity index (χ2n) is 21.5. The van der Waals surface area contributed by atoms with Crippen molar-refractivity contribution in [1.29, 1.82) is 0 Å². The van der Waals surface area contributed by atoms with Gasteiger partial charge in [0.2, 0.25) is 0 Å². The van der Waals surface area contributed by atoms with E-state index in [-0.39, 0.29) is 33.2 Å². The summed E-state index contributed by atoms with van der Waals surface area (Å²) in [6, 6.07) is 40.4. The van der Waals surface area contributed by atoms with E-state index in [0.717, 1.165) is 117 Å². The number of carbonyl (C=O) groups is 2. The zero-order valence-electron chi connectivity index (χ0n) is 43.9. The van der Waals surface area contributed by atoms with Crippen LogP contribution in [0.2, 0.25) is 0 Å². The van der Waals surface area contributed by atoms with Crippen LogP contribution < -0.4 is 28.5 Å². The molecule has 0 saturated heterocycles. The monoisotopic (exact) mass is 1120 g/mol. The van der Waals surface area contributed by atoms with Crippen molar-refractivity contribution >= 4 is 80.3 Å². The molecule has 4 aliphatic heterocycles. The number of carbonyl (C=O) groups excluding carboxylic acids is 2. The quantitative estimate of drug-likeness (QED) is 0.127. The van der Waals surface area contributed by atoms with Crippen molar-refractivity contribution < 1.29 is 28.5 Å². The van der Waals surface area contributed by atoms with Crippen LogP contribution in [0.15, 0.2) is 131 Å². The minimum absolute atomic E-state index is 0.0183. The molecule has 0 bridgehead atoms. The first-order valence-corrected chi connectivity index (χ1v) is 30.4. The Labute approximate surface area is 473 Å². The number of rotatable bonds is 10. The van der Waals surface area contributed by atoms with Crippen LogP contribution in [0.5, 0.6) is 0 Å². The molecule has 12 nitrogen and oxygen atoms in total. The summed E-state index contributed by atoms with van der Waals surface area (Å²) in [6.07, 6.45) is 0.107.